The van der Waals surface area contributed by atoms with Crippen LogP contribution in [-0.4, -0.2) is 19.7 Å². The molecule has 0 aliphatic heterocycles. The van der Waals surface area contributed by atoms with Gasteiger partial charge in [0.15, 0.2) is 9.84 Å². The zero-order chi connectivity index (χ0) is 14.3. The van der Waals surface area contributed by atoms with E-state index in [9.17, 15) is 8.42 Å². The molecule has 1 heterocycles. The first-order valence-electron chi connectivity index (χ1n) is 5.73. The zero-order valence-electron chi connectivity index (χ0n) is 11.0. The average Bonchev–Trinajstić information content (AvgIpc) is 2.77. The SMILES string of the molecule is CC(C)(N)c1nc(-c2ccc(S(C)(=O)=O)cc2)cs1. The van der Waals surface area contributed by atoms with E-state index in [1.807, 2.05) is 19.2 Å². The van der Waals surface area contributed by atoms with Crippen LogP contribution in [0.25, 0.3) is 11.3 Å². The molecule has 0 saturated carbocycles. The summed E-state index contributed by atoms with van der Waals surface area (Å²) in [5.74, 6) is 0. The Morgan fingerprint density at radius 2 is 1.79 bits per heavy atom. The summed E-state index contributed by atoms with van der Waals surface area (Å²) in [4.78, 5) is 4.80. The fraction of sp³-hybridized carbons (Fsp3) is 0.308. The molecular weight excluding hydrogens is 280 g/mol. The molecule has 0 aliphatic rings. The molecule has 0 fully saturated rings. The molecule has 6 heteroatoms. The average molecular weight is 296 g/mol. The van der Waals surface area contributed by atoms with E-state index >= 15 is 0 Å². The Kier molecular flexibility index (Phi) is 3.51. The highest BCUT2D eigenvalue weighted by atomic mass is 32.2. The lowest BCUT2D eigenvalue weighted by atomic mass is 10.1. The van der Waals surface area contributed by atoms with Crippen LogP contribution >= 0.6 is 11.3 Å². The first-order chi connectivity index (χ1) is 8.68. The van der Waals surface area contributed by atoms with E-state index in [-0.39, 0.29) is 0 Å². The van der Waals surface area contributed by atoms with Crippen molar-refractivity contribution in [3.8, 4) is 11.3 Å². The van der Waals surface area contributed by atoms with Crippen LogP contribution in [0.4, 0.5) is 0 Å². The van der Waals surface area contributed by atoms with Gasteiger partial charge in [-0.1, -0.05) is 12.1 Å². The van der Waals surface area contributed by atoms with Crippen molar-refractivity contribution in [3.05, 3.63) is 34.7 Å². The predicted molar refractivity (Wildman–Crippen MR) is 77.9 cm³/mol. The Bertz CT molecular complexity index is 680. The third-order valence-electron chi connectivity index (χ3n) is 2.63. The van der Waals surface area contributed by atoms with Crippen molar-refractivity contribution in [1.29, 1.82) is 0 Å². The summed E-state index contributed by atoms with van der Waals surface area (Å²) >= 11 is 1.51. The number of nitrogens with zero attached hydrogens (tertiary/aromatic N) is 1. The molecule has 0 aliphatic carbocycles. The number of sulfone groups is 1. The molecule has 2 N–H and O–H groups in total. The molecule has 2 aromatic rings. The number of thiazole rings is 1. The summed E-state index contributed by atoms with van der Waals surface area (Å²) in [5, 5.41) is 2.79. The van der Waals surface area contributed by atoms with Gasteiger partial charge in [0.25, 0.3) is 0 Å². The van der Waals surface area contributed by atoms with Crippen LogP contribution in [0.15, 0.2) is 34.5 Å². The Balaban J connectivity index is 2.36. The van der Waals surface area contributed by atoms with Crippen LogP contribution < -0.4 is 5.73 Å². The number of benzene rings is 1. The Labute approximate surface area is 117 Å². The molecule has 0 bridgehead atoms. The van der Waals surface area contributed by atoms with E-state index in [4.69, 9.17) is 5.73 Å². The van der Waals surface area contributed by atoms with E-state index in [2.05, 4.69) is 4.98 Å². The van der Waals surface area contributed by atoms with Crippen LogP contribution in [0.2, 0.25) is 0 Å². The lowest BCUT2D eigenvalue weighted by molar-refractivity contribution is 0.551. The third-order valence-corrected chi connectivity index (χ3v) is 4.94. The van der Waals surface area contributed by atoms with Gasteiger partial charge in [0.05, 0.1) is 16.1 Å². The van der Waals surface area contributed by atoms with Gasteiger partial charge in [-0.15, -0.1) is 11.3 Å². The van der Waals surface area contributed by atoms with Crippen LogP contribution in [0, 0.1) is 0 Å². The molecular formula is C13H16N2O2S2. The summed E-state index contributed by atoms with van der Waals surface area (Å²) < 4.78 is 22.8. The molecule has 102 valence electrons. The minimum absolute atomic E-state index is 0.311. The quantitative estimate of drug-likeness (QED) is 0.944. The van der Waals surface area contributed by atoms with Gasteiger partial charge in [-0.05, 0) is 26.0 Å². The monoisotopic (exact) mass is 296 g/mol. The Hall–Kier alpha value is -1.24. The van der Waals surface area contributed by atoms with Gasteiger partial charge in [0.1, 0.15) is 5.01 Å². The number of hydrogen-bond donors (Lipinski definition) is 1. The van der Waals surface area contributed by atoms with Crippen LogP contribution in [0.5, 0.6) is 0 Å². The first kappa shape index (κ1) is 14.2. The van der Waals surface area contributed by atoms with Crippen LogP contribution in [-0.2, 0) is 15.4 Å². The maximum absolute atomic E-state index is 11.4. The second kappa shape index (κ2) is 4.70. The maximum Gasteiger partial charge on any atom is 0.175 e. The van der Waals surface area contributed by atoms with Gasteiger partial charge >= 0.3 is 0 Å². The molecule has 4 nitrogen and oxygen atoms in total. The minimum atomic E-state index is -3.16. The highest BCUT2D eigenvalue weighted by Gasteiger charge is 2.19. The molecule has 2 rings (SSSR count). The molecule has 0 spiro atoms. The van der Waals surface area contributed by atoms with Crippen LogP contribution in [0.1, 0.15) is 18.9 Å². The minimum Gasteiger partial charge on any atom is -0.320 e. The van der Waals surface area contributed by atoms with Gasteiger partial charge in [0.2, 0.25) is 0 Å². The van der Waals surface area contributed by atoms with Crippen LogP contribution in [0.3, 0.4) is 0 Å². The summed E-state index contributed by atoms with van der Waals surface area (Å²) in [7, 11) is -3.16. The summed E-state index contributed by atoms with van der Waals surface area (Å²) in [6, 6.07) is 6.71. The number of hydrogen-bond acceptors (Lipinski definition) is 5. The molecule has 0 unspecified atom stereocenters. The smallest absolute Gasteiger partial charge is 0.175 e. The summed E-state index contributed by atoms with van der Waals surface area (Å²) in [6.07, 6.45) is 1.19. The van der Waals surface area contributed by atoms with Gasteiger partial charge in [-0.2, -0.15) is 0 Å². The topological polar surface area (TPSA) is 73.0 Å². The summed E-state index contributed by atoms with van der Waals surface area (Å²) in [5.41, 5.74) is 7.24. The largest absolute Gasteiger partial charge is 0.320 e. The van der Waals surface area contributed by atoms with Crippen molar-refractivity contribution in [2.45, 2.75) is 24.3 Å². The lowest BCUT2D eigenvalue weighted by Gasteiger charge is -2.13. The lowest BCUT2D eigenvalue weighted by Crippen LogP contribution is -2.28. The van der Waals surface area contributed by atoms with E-state index < -0.39 is 15.4 Å². The second-order valence-corrected chi connectivity index (χ2v) is 7.93. The molecule has 19 heavy (non-hydrogen) atoms. The number of nitrogens with two attached hydrogens (primary N) is 1. The van der Waals surface area contributed by atoms with Crippen molar-refractivity contribution < 1.29 is 8.42 Å². The van der Waals surface area contributed by atoms with Gasteiger partial charge in [-0.3, -0.25) is 0 Å². The maximum atomic E-state index is 11.4. The molecule has 1 aromatic heterocycles. The van der Waals surface area contributed by atoms with E-state index in [0.717, 1.165) is 16.3 Å². The zero-order valence-corrected chi connectivity index (χ0v) is 12.7. The Morgan fingerprint density at radius 3 is 2.21 bits per heavy atom. The van der Waals surface area contributed by atoms with Gasteiger partial charge in [-0.25, -0.2) is 13.4 Å². The number of aromatic nitrogens is 1. The fourth-order valence-corrected chi connectivity index (χ4v) is 3.07. The normalized spacial score (nSPS) is 12.6. The van der Waals surface area contributed by atoms with Gasteiger partial charge < -0.3 is 5.73 Å². The highest BCUT2D eigenvalue weighted by molar-refractivity contribution is 7.90. The molecule has 0 atom stereocenters. The van der Waals surface area contributed by atoms with E-state index in [1.54, 1.807) is 24.3 Å². The third kappa shape index (κ3) is 3.20. The standard InChI is InChI=1S/C13H16N2O2S2/c1-13(2,14)12-15-11(8-18-12)9-4-6-10(7-5-9)19(3,16)17/h4-8H,14H2,1-3H3. The van der Waals surface area contributed by atoms with Crippen molar-refractivity contribution in [3.63, 3.8) is 0 Å². The molecule has 1 aromatic carbocycles. The van der Waals surface area contributed by atoms with E-state index in [0.29, 0.717) is 4.90 Å². The molecule has 0 saturated heterocycles. The van der Waals surface area contributed by atoms with Crippen molar-refractivity contribution in [1.82, 2.24) is 4.98 Å². The van der Waals surface area contributed by atoms with E-state index in [1.165, 1.54) is 17.6 Å². The predicted octanol–water partition coefficient (Wildman–Crippen LogP) is 2.41. The fourth-order valence-electron chi connectivity index (χ4n) is 1.58. The summed E-state index contributed by atoms with van der Waals surface area (Å²) in [6.45, 7) is 3.81. The highest BCUT2D eigenvalue weighted by Crippen LogP contribution is 2.27. The molecule has 0 radical (unpaired) electrons. The molecule has 0 amide bonds. The number of rotatable bonds is 3. The van der Waals surface area contributed by atoms with Crippen molar-refractivity contribution in [2.24, 2.45) is 5.73 Å². The first-order valence-corrected chi connectivity index (χ1v) is 8.50. The Morgan fingerprint density at radius 1 is 1.21 bits per heavy atom. The second-order valence-electron chi connectivity index (χ2n) is 5.06. The van der Waals surface area contributed by atoms with Crippen molar-refractivity contribution >= 4 is 21.2 Å². The van der Waals surface area contributed by atoms with Gasteiger partial charge in [0, 0.05) is 17.2 Å². The van der Waals surface area contributed by atoms with Crippen molar-refractivity contribution in [2.75, 3.05) is 6.26 Å².